The molecule has 2 N–H and O–H groups in total. The molecule has 0 fully saturated rings. The van der Waals surface area contributed by atoms with E-state index >= 15 is 0 Å². The first-order valence-corrected chi connectivity index (χ1v) is 4.62. The maximum atomic E-state index is 13.3. The van der Waals surface area contributed by atoms with E-state index in [4.69, 9.17) is 5.11 Å². The molecular weight excluding hydrogens is 195 g/mol. The molecule has 0 aliphatic heterocycles. The molecule has 15 heavy (non-hydrogen) atoms. The van der Waals surface area contributed by atoms with Gasteiger partial charge in [-0.3, -0.25) is 0 Å². The zero-order valence-electron chi connectivity index (χ0n) is 8.29. The Morgan fingerprint density at radius 2 is 2.27 bits per heavy atom. The Morgan fingerprint density at radius 3 is 2.87 bits per heavy atom. The maximum Gasteiger partial charge on any atom is 0.132 e. The van der Waals surface area contributed by atoms with Gasteiger partial charge in [-0.15, -0.1) is 0 Å². The van der Waals surface area contributed by atoms with E-state index in [1.54, 1.807) is 19.2 Å². The number of imidazole rings is 1. The topological polar surface area (TPSA) is 48.9 Å². The lowest BCUT2D eigenvalue weighted by Crippen LogP contribution is -1.86. The summed E-state index contributed by atoms with van der Waals surface area (Å²) in [7, 11) is 0. The first kappa shape index (κ1) is 9.86. The van der Waals surface area contributed by atoms with Gasteiger partial charge in [0.05, 0.1) is 11.9 Å². The average molecular weight is 206 g/mol. The summed E-state index contributed by atoms with van der Waals surface area (Å²) in [6.45, 7) is 1.57. The molecule has 0 aliphatic carbocycles. The van der Waals surface area contributed by atoms with Crippen LogP contribution in [0, 0.1) is 12.7 Å². The lowest BCUT2D eigenvalue weighted by molar-refractivity contribution is 0.272. The Bertz CT molecular complexity index is 479. The summed E-state index contributed by atoms with van der Waals surface area (Å²) in [5.41, 5.74) is 2.05. The molecule has 2 rings (SSSR count). The molecule has 0 atom stereocenters. The maximum absolute atomic E-state index is 13.3. The Morgan fingerprint density at radius 1 is 1.47 bits per heavy atom. The molecule has 0 aliphatic rings. The van der Waals surface area contributed by atoms with E-state index in [9.17, 15) is 4.39 Å². The fourth-order valence-corrected chi connectivity index (χ4v) is 1.35. The van der Waals surface area contributed by atoms with Gasteiger partial charge < -0.3 is 10.1 Å². The Balaban J connectivity index is 2.40. The van der Waals surface area contributed by atoms with Crippen LogP contribution in [-0.4, -0.2) is 15.1 Å². The molecule has 78 valence electrons. The number of hydrogen-bond acceptors (Lipinski definition) is 2. The highest BCUT2D eigenvalue weighted by Crippen LogP contribution is 2.19. The predicted molar refractivity (Wildman–Crippen MR) is 54.6 cm³/mol. The minimum Gasteiger partial charge on any atom is -0.388 e. The Hall–Kier alpha value is -1.68. The quantitative estimate of drug-likeness (QED) is 0.789. The fraction of sp³-hybridized carbons (Fsp3) is 0.182. The molecule has 1 aromatic carbocycles. The van der Waals surface area contributed by atoms with E-state index in [1.807, 2.05) is 6.07 Å². The van der Waals surface area contributed by atoms with Crippen molar-refractivity contribution in [1.82, 2.24) is 9.97 Å². The summed E-state index contributed by atoms with van der Waals surface area (Å²) in [4.78, 5) is 6.83. The highest BCUT2D eigenvalue weighted by molar-refractivity contribution is 5.59. The van der Waals surface area contributed by atoms with Crippen molar-refractivity contribution in [3.05, 3.63) is 41.6 Å². The molecular formula is C11H11FN2O. The number of aryl methyl sites for hydroxylation is 1. The molecule has 0 saturated carbocycles. The average Bonchev–Trinajstić information content (AvgIpc) is 2.70. The van der Waals surface area contributed by atoms with Gasteiger partial charge in [0, 0.05) is 5.56 Å². The van der Waals surface area contributed by atoms with Crippen LogP contribution < -0.4 is 0 Å². The van der Waals surface area contributed by atoms with E-state index in [0.29, 0.717) is 17.1 Å². The summed E-state index contributed by atoms with van der Waals surface area (Å²) in [5, 5.41) is 8.83. The molecule has 0 saturated heterocycles. The largest absolute Gasteiger partial charge is 0.388 e. The summed E-state index contributed by atoms with van der Waals surface area (Å²) in [5.74, 6) is 0.235. The molecule has 0 unspecified atom stereocenters. The second-order valence-corrected chi connectivity index (χ2v) is 3.37. The lowest BCUT2D eigenvalue weighted by Gasteiger charge is -2.00. The number of nitrogens with zero attached hydrogens (tertiary/aromatic N) is 1. The standard InChI is InChI=1S/C11H11FN2O/c1-7-2-3-8(4-9(7)12)10-5-13-11(6-15)14-10/h2-5,15H,6H2,1H3,(H,13,14). The second-order valence-electron chi connectivity index (χ2n) is 3.37. The molecule has 0 amide bonds. The number of rotatable bonds is 2. The normalized spacial score (nSPS) is 10.6. The highest BCUT2D eigenvalue weighted by atomic mass is 19.1. The Kier molecular flexibility index (Phi) is 2.51. The van der Waals surface area contributed by atoms with Gasteiger partial charge in [0.15, 0.2) is 0 Å². The van der Waals surface area contributed by atoms with Gasteiger partial charge in [-0.05, 0) is 18.6 Å². The van der Waals surface area contributed by atoms with Gasteiger partial charge in [-0.2, -0.15) is 0 Å². The van der Waals surface area contributed by atoms with E-state index in [2.05, 4.69) is 9.97 Å². The van der Waals surface area contributed by atoms with E-state index < -0.39 is 0 Å². The van der Waals surface area contributed by atoms with Crippen molar-refractivity contribution >= 4 is 0 Å². The molecule has 3 nitrogen and oxygen atoms in total. The fourth-order valence-electron chi connectivity index (χ4n) is 1.35. The van der Waals surface area contributed by atoms with Crippen molar-refractivity contribution in [2.24, 2.45) is 0 Å². The van der Waals surface area contributed by atoms with Crippen molar-refractivity contribution in [2.75, 3.05) is 0 Å². The molecule has 2 aromatic rings. The van der Waals surface area contributed by atoms with Crippen LogP contribution in [0.3, 0.4) is 0 Å². The first-order valence-electron chi connectivity index (χ1n) is 4.62. The van der Waals surface area contributed by atoms with Crippen LogP contribution >= 0.6 is 0 Å². The van der Waals surface area contributed by atoms with Gasteiger partial charge in [0.2, 0.25) is 0 Å². The zero-order chi connectivity index (χ0) is 10.8. The van der Waals surface area contributed by atoms with Gasteiger partial charge >= 0.3 is 0 Å². The van der Waals surface area contributed by atoms with Crippen LogP contribution in [0.1, 0.15) is 11.4 Å². The summed E-state index contributed by atoms with van der Waals surface area (Å²) < 4.78 is 13.3. The number of hydrogen-bond donors (Lipinski definition) is 2. The minimum atomic E-state index is -0.243. The van der Waals surface area contributed by atoms with Crippen LogP contribution in [0.2, 0.25) is 0 Å². The first-order chi connectivity index (χ1) is 7.20. The molecule has 0 spiro atoms. The van der Waals surface area contributed by atoms with E-state index in [-0.39, 0.29) is 12.4 Å². The molecule has 1 heterocycles. The van der Waals surface area contributed by atoms with Crippen LogP contribution in [0.25, 0.3) is 11.3 Å². The van der Waals surface area contributed by atoms with Crippen molar-refractivity contribution in [3.8, 4) is 11.3 Å². The molecule has 1 aromatic heterocycles. The van der Waals surface area contributed by atoms with E-state index in [0.717, 1.165) is 5.56 Å². The third-order valence-corrected chi connectivity index (χ3v) is 2.26. The minimum absolute atomic E-state index is 0.145. The summed E-state index contributed by atoms with van der Waals surface area (Å²) in [6.07, 6.45) is 1.58. The summed E-state index contributed by atoms with van der Waals surface area (Å²) in [6, 6.07) is 4.97. The van der Waals surface area contributed by atoms with Crippen molar-refractivity contribution in [3.63, 3.8) is 0 Å². The number of H-pyrrole nitrogens is 1. The number of aliphatic hydroxyl groups is 1. The van der Waals surface area contributed by atoms with Gasteiger partial charge in [0.25, 0.3) is 0 Å². The lowest BCUT2D eigenvalue weighted by atomic mass is 10.1. The number of aliphatic hydroxyl groups excluding tert-OH is 1. The third kappa shape index (κ3) is 1.89. The zero-order valence-corrected chi connectivity index (χ0v) is 8.29. The highest BCUT2D eigenvalue weighted by Gasteiger charge is 2.04. The van der Waals surface area contributed by atoms with Gasteiger partial charge in [0.1, 0.15) is 18.2 Å². The predicted octanol–water partition coefficient (Wildman–Crippen LogP) is 2.02. The van der Waals surface area contributed by atoms with Crippen molar-refractivity contribution < 1.29 is 9.50 Å². The number of halogens is 1. The van der Waals surface area contributed by atoms with Crippen molar-refractivity contribution in [1.29, 1.82) is 0 Å². The number of benzene rings is 1. The van der Waals surface area contributed by atoms with Gasteiger partial charge in [-0.1, -0.05) is 12.1 Å². The molecule has 0 radical (unpaired) electrons. The van der Waals surface area contributed by atoms with Crippen LogP contribution in [0.5, 0.6) is 0 Å². The van der Waals surface area contributed by atoms with Crippen LogP contribution in [-0.2, 0) is 6.61 Å². The van der Waals surface area contributed by atoms with Crippen LogP contribution in [0.15, 0.2) is 24.4 Å². The van der Waals surface area contributed by atoms with Gasteiger partial charge in [-0.25, -0.2) is 9.37 Å². The number of nitrogens with one attached hydrogen (secondary N) is 1. The van der Waals surface area contributed by atoms with Crippen molar-refractivity contribution in [2.45, 2.75) is 13.5 Å². The van der Waals surface area contributed by atoms with Crippen LogP contribution in [0.4, 0.5) is 4.39 Å². The number of aromatic nitrogens is 2. The SMILES string of the molecule is Cc1ccc(-c2cnc(CO)[nH]2)cc1F. The number of aromatic amines is 1. The second kappa shape index (κ2) is 3.82. The summed E-state index contributed by atoms with van der Waals surface area (Å²) >= 11 is 0. The van der Waals surface area contributed by atoms with E-state index in [1.165, 1.54) is 6.07 Å². The smallest absolute Gasteiger partial charge is 0.132 e. The molecule has 0 bridgehead atoms. The molecule has 4 heteroatoms. The third-order valence-electron chi connectivity index (χ3n) is 2.26. The monoisotopic (exact) mass is 206 g/mol. The Labute approximate surface area is 86.6 Å².